The number of rotatable bonds is 6. The van der Waals surface area contributed by atoms with Crippen LogP contribution >= 0.6 is 22.9 Å². The van der Waals surface area contributed by atoms with Crippen LogP contribution in [-0.4, -0.2) is 42.5 Å². The Bertz CT molecular complexity index is 986. The number of para-hydroxylation sites is 1. The van der Waals surface area contributed by atoms with E-state index in [4.69, 9.17) is 11.6 Å². The predicted molar refractivity (Wildman–Crippen MR) is 108 cm³/mol. The molecule has 0 bridgehead atoms. The monoisotopic (exact) mass is 402 g/mol. The smallest absolute Gasteiger partial charge is 0.305 e. The van der Waals surface area contributed by atoms with Gasteiger partial charge >= 0.3 is 5.97 Å². The number of ether oxygens (including phenoxy) is 1. The summed E-state index contributed by atoms with van der Waals surface area (Å²) < 4.78 is 5.32. The number of carbonyl (C=O) groups excluding carboxylic acids is 2. The molecule has 0 aliphatic carbocycles. The van der Waals surface area contributed by atoms with Crippen molar-refractivity contribution in [2.75, 3.05) is 20.7 Å². The van der Waals surface area contributed by atoms with Crippen molar-refractivity contribution in [3.8, 4) is 10.6 Å². The molecule has 0 saturated carbocycles. The summed E-state index contributed by atoms with van der Waals surface area (Å²) in [7, 11) is 3.09. The first-order valence-corrected chi connectivity index (χ1v) is 9.67. The summed E-state index contributed by atoms with van der Waals surface area (Å²) in [5, 5.41) is 0.800. The van der Waals surface area contributed by atoms with Crippen LogP contribution in [0.2, 0.25) is 4.34 Å². The van der Waals surface area contributed by atoms with Crippen LogP contribution in [0.5, 0.6) is 0 Å². The van der Waals surface area contributed by atoms with Crippen LogP contribution in [-0.2, 0) is 9.53 Å². The van der Waals surface area contributed by atoms with Crippen molar-refractivity contribution in [2.45, 2.75) is 12.8 Å². The van der Waals surface area contributed by atoms with Gasteiger partial charge in [0.2, 0.25) is 0 Å². The Hall–Kier alpha value is -2.44. The number of amides is 1. The normalized spacial score (nSPS) is 10.8. The number of fused-ring (bicyclic) bond motifs is 1. The second-order valence-electron chi connectivity index (χ2n) is 6.08. The van der Waals surface area contributed by atoms with E-state index in [1.54, 1.807) is 11.9 Å². The zero-order chi connectivity index (χ0) is 19.4. The summed E-state index contributed by atoms with van der Waals surface area (Å²) in [6, 6.07) is 13.1. The predicted octanol–water partition coefficient (Wildman–Crippen LogP) is 4.64. The number of hydrogen-bond acceptors (Lipinski definition) is 5. The van der Waals surface area contributed by atoms with Gasteiger partial charge in [-0.15, -0.1) is 11.3 Å². The molecule has 0 N–H and O–H groups in total. The number of benzene rings is 1. The van der Waals surface area contributed by atoms with E-state index in [1.165, 1.54) is 18.4 Å². The standard InChI is InChI=1S/C20H19ClN2O3S/c1-23(11-5-8-19(24)26-2)20(25)14-12-16(17-9-10-18(21)27-17)22-15-7-4-3-6-13(14)15/h3-4,6-7,9-10,12H,5,8,11H2,1-2H3. The van der Waals surface area contributed by atoms with Crippen molar-refractivity contribution in [3.63, 3.8) is 0 Å². The summed E-state index contributed by atoms with van der Waals surface area (Å²) in [5.74, 6) is -0.385. The molecule has 5 nitrogen and oxygen atoms in total. The second-order valence-corrected chi connectivity index (χ2v) is 7.80. The number of pyridine rings is 1. The first-order chi connectivity index (χ1) is 13.0. The Labute approximate surface area is 166 Å². The van der Waals surface area contributed by atoms with E-state index in [0.717, 1.165) is 21.5 Å². The number of nitrogens with zero attached hydrogens (tertiary/aromatic N) is 2. The minimum Gasteiger partial charge on any atom is -0.469 e. The van der Waals surface area contributed by atoms with Gasteiger partial charge < -0.3 is 9.64 Å². The molecule has 2 aromatic heterocycles. The quantitative estimate of drug-likeness (QED) is 0.563. The Balaban J connectivity index is 1.92. The molecule has 3 rings (SSSR count). The van der Waals surface area contributed by atoms with Crippen LogP contribution < -0.4 is 0 Å². The molecule has 0 aliphatic heterocycles. The van der Waals surface area contributed by atoms with E-state index in [-0.39, 0.29) is 18.3 Å². The summed E-state index contributed by atoms with van der Waals surface area (Å²) in [6.45, 7) is 0.463. The fraction of sp³-hybridized carbons (Fsp3) is 0.250. The van der Waals surface area contributed by atoms with Gasteiger partial charge in [-0.3, -0.25) is 9.59 Å². The van der Waals surface area contributed by atoms with Crippen LogP contribution in [0, 0.1) is 0 Å². The van der Waals surface area contributed by atoms with Gasteiger partial charge in [0, 0.05) is 25.4 Å². The van der Waals surface area contributed by atoms with Crippen LogP contribution in [0.3, 0.4) is 0 Å². The van der Waals surface area contributed by atoms with Crippen molar-refractivity contribution in [2.24, 2.45) is 0 Å². The van der Waals surface area contributed by atoms with E-state index in [2.05, 4.69) is 9.72 Å². The maximum atomic E-state index is 13.1. The van der Waals surface area contributed by atoms with Crippen molar-refractivity contribution >= 4 is 45.7 Å². The first-order valence-electron chi connectivity index (χ1n) is 8.47. The number of carbonyl (C=O) groups is 2. The lowest BCUT2D eigenvalue weighted by molar-refractivity contribution is -0.140. The molecule has 0 spiro atoms. The Morgan fingerprint density at radius 1 is 1.22 bits per heavy atom. The third-order valence-corrected chi connectivity index (χ3v) is 5.47. The molecular weight excluding hydrogens is 384 g/mol. The van der Waals surface area contributed by atoms with E-state index in [1.807, 2.05) is 42.5 Å². The fourth-order valence-electron chi connectivity index (χ4n) is 2.80. The van der Waals surface area contributed by atoms with Crippen molar-refractivity contribution in [1.29, 1.82) is 0 Å². The molecule has 2 heterocycles. The fourth-order valence-corrected chi connectivity index (χ4v) is 3.80. The highest BCUT2D eigenvalue weighted by Crippen LogP contribution is 2.32. The summed E-state index contributed by atoms with van der Waals surface area (Å²) in [5.41, 5.74) is 2.06. The topological polar surface area (TPSA) is 59.5 Å². The maximum absolute atomic E-state index is 13.1. The average molecular weight is 403 g/mol. The summed E-state index contributed by atoms with van der Waals surface area (Å²) in [4.78, 5) is 31.5. The molecule has 0 radical (unpaired) electrons. The third-order valence-electron chi connectivity index (χ3n) is 4.22. The van der Waals surface area contributed by atoms with Crippen molar-refractivity contribution in [3.05, 3.63) is 52.4 Å². The lowest BCUT2D eigenvalue weighted by Crippen LogP contribution is -2.28. The van der Waals surface area contributed by atoms with Gasteiger partial charge in [-0.1, -0.05) is 29.8 Å². The molecule has 7 heteroatoms. The van der Waals surface area contributed by atoms with Crippen molar-refractivity contribution in [1.82, 2.24) is 9.88 Å². The highest BCUT2D eigenvalue weighted by Gasteiger charge is 2.18. The number of methoxy groups -OCH3 is 1. The van der Waals surface area contributed by atoms with E-state index < -0.39 is 0 Å². The molecule has 140 valence electrons. The van der Waals surface area contributed by atoms with Gasteiger partial charge in [0.25, 0.3) is 5.91 Å². The van der Waals surface area contributed by atoms with Crippen LogP contribution in [0.25, 0.3) is 21.5 Å². The number of hydrogen-bond donors (Lipinski definition) is 0. The largest absolute Gasteiger partial charge is 0.469 e. The molecule has 27 heavy (non-hydrogen) atoms. The zero-order valence-corrected chi connectivity index (χ0v) is 16.6. The third kappa shape index (κ3) is 4.46. The van der Waals surface area contributed by atoms with Gasteiger partial charge in [-0.05, 0) is 30.7 Å². The lowest BCUT2D eigenvalue weighted by atomic mass is 10.1. The van der Waals surface area contributed by atoms with E-state index >= 15 is 0 Å². The van der Waals surface area contributed by atoms with Crippen LogP contribution in [0.4, 0.5) is 0 Å². The molecule has 0 aliphatic rings. The van der Waals surface area contributed by atoms with Crippen molar-refractivity contribution < 1.29 is 14.3 Å². The molecule has 0 atom stereocenters. The van der Waals surface area contributed by atoms with Gasteiger partial charge in [-0.2, -0.15) is 0 Å². The van der Waals surface area contributed by atoms with Gasteiger partial charge in [0.1, 0.15) is 0 Å². The lowest BCUT2D eigenvalue weighted by Gasteiger charge is -2.18. The van der Waals surface area contributed by atoms with Gasteiger partial charge in [0.05, 0.1) is 33.1 Å². The molecule has 0 fully saturated rings. The zero-order valence-electron chi connectivity index (χ0n) is 15.1. The highest BCUT2D eigenvalue weighted by molar-refractivity contribution is 7.19. The van der Waals surface area contributed by atoms with Crippen LogP contribution in [0.1, 0.15) is 23.2 Å². The molecule has 0 saturated heterocycles. The number of thiophene rings is 1. The Kier molecular flexibility index (Phi) is 6.08. The molecule has 3 aromatic rings. The summed E-state index contributed by atoms with van der Waals surface area (Å²) >= 11 is 7.48. The van der Waals surface area contributed by atoms with E-state index in [0.29, 0.717) is 22.9 Å². The van der Waals surface area contributed by atoms with Crippen LogP contribution in [0.15, 0.2) is 42.5 Å². The number of halogens is 1. The number of aromatic nitrogens is 1. The van der Waals surface area contributed by atoms with Gasteiger partial charge in [0.15, 0.2) is 0 Å². The maximum Gasteiger partial charge on any atom is 0.305 e. The minimum absolute atomic E-state index is 0.109. The molecule has 0 unspecified atom stereocenters. The number of esters is 1. The Morgan fingerprint density at radius 2 is 2.00 bits per heavy atom. The Morgan fingerprint density at radius 3 is 2.70 bits per heavy atom. The second kappa shape index (κ2) is 8.50. The first kappa shape index (κ1) is 19.3. The highest BCUT2D eigenvalue weighted by atomic mass is 35.5. The molecule has 1 amide bonds. The van der Waals surface area contributed by atoms with E-state index in [9.17, 15) is 9.59 Å². The minimum atomic E-state index is -0.276. The average Bonchev–Trinajstić information content (AvgIpc) is 3.12. The molecular formula is C20H19ClN2O3S. The molecule has 1 aromatic carbocycles. The summed E-state index contributed by atoms with van der Waals surface area (Å²) in [6.07, 6.45) is 0.829. The SMILES string of the molecule is COC(=O)CCCN(C)C(=O)c1cc(-c2ccc(Cl)s2)nc2ccccc12. The van der Waals surface area contributed by atoms with Gasteiger partial charge in [-0.25, -0.2) is 4.98 Å².